The van der Waals surface area contributed by atoms with Crippen molar-refractivity contribution in [1.82, 2.24) is 10.3 Å². The van der Waals surface area contributed by atoms with Crippen molar-refractivity contribution >= 4 is 17.8 Å². The second-order valence-corrected chi connectivity index (χ2v) is 8.29. The van der Waals surface area contributed by atoms with E-state index in [1.54, 1.807) is 7.11 Å². The Balaban J connectivity index is 1.50. The highest BCUT2D eigenvalue weighted by Gasteiger charge is 2.29. The SMILES string of the molecule is COc1cccc2c1CC(C(=O)Nc1ccc(C3C=NNC3)cc1OCCN(C)C)CO2. The van der Waals surface area contributed by atoms with Gasteiger partial charge in [-0.25, -0.2) is 0 Å². The van der Waals surface area contributed by atoms with Crippen LogP contribution >= 0.6 is 0 Å². The van der Waals surface area contributed by atoms with Gasteiger partial charge in [0.1, 0.15) is 30.5 Å². The van der Waals surface area contributed by atoms with Crippen LogP contribution in [0.15, 0.2) is 41.5 Å². The fraction of sp³-hybridized carbons (Fsp3) is 0.417. The van der Waals surface area contributed by atoms with Crippen molar-refractivity contribution in [1.29, 1.82) is 0 Å². The van der Waals surface area contributed by atoms with Crippen molar-refractivity contribution in [2.75, 3.05) is 52.8 Å². The summed E-state index contributed by atoms with van der Waals surface area (Å²) in [4.78, 5) is 15.2. The maximum absolute atomic E-state index is 13.1. The van der Waals surface area contributed by atoms with Gasteiger partial charge in [0.05, 0.1) is 18.7 Å². The summed E-state index contributed by atoms with van der Waals surface area (Å²) in [5.74, 6) is 1.94. The number of carbonyl (C=O) groups is 1. The van der Waals surface area contributed by atoms with E-state index < -0.39 is 0 Å². The van der Waals surface area contributed by atoms with Gasteiger partial charge in [0.2, 0.25) is 5.91 Å². The average molecular weight is 439 g/mol. The van der Waals surface area contributed by atoms with Crippen LogP contribution in [0.1, 0.15) is 17.0 Å². The third kappa shape index (κ3) is 4.96. The van der Waals surface area contributed by atoms with Gasteiger partial charge in [-0.05, 0) is 50.3 Å². The molecular weight excluding hydrogens is 408 g/mol. The van der Waals surface area contributed by atoms with Crippen LogP contribution in [0.5, 0.6) is 17.2 Å². The molecule has 32 heavy (non-hydrogen) atoms. The van der Waals surface area contributed by atoms with Gasteiger partial charge in [-0.15, -0.1) is 0 Å². The Hall–Kier alpha value is -3.26. The molecule has 0 saturated heterocycles. The number of methoxy groups -OCH3 is 1. The average Bonchev–Trinajstić information content (AvgIpc) is 3.34. The molecule has 0 radical (unpaired) electrons. The number of anilines is 1. The zero-order chi connectivity index (χ0) is 22.5. The first-order chi connectivity index (χ1) is 15.5. The van der Waals surface area contributed by atoms with Gasteiger partial charge in [0.15, 0.2) is 0 Å². The quantitative estimate of drug-likeness (QED) is 0.659. The van der Waals surface area contributed by atoms with Crippen LogP contribution in [0, 0.1) is 5.92 Å². The van der Waals surface area contributed by atoms with Gasteiger partial charge in [-0.1, -0.05) is 12.1 Å². The number of nitrogens with one attached hydrogen (secondary N) is 2. The van der Waals surface area contributed by atoms with Crippen molar-refractivity contribution in [2.24, 2.45) is 11.0 Å². The number of ether oxygens (including phenoxy) is 3. The Labute approximate surface area is 188 Å². The van der Waals surface area contributed by atoms with E-state index in [4.69, 9.17) is 14.2 Å². The first kappa shape index (κ1) is 22.0. The topological polar surface area (TPSA) is 84.4 Å². The number of hydrogen-bond acceptors (Lipinski definition) is 7. The summed E-state index contributed by atoms with van der Waals surface area (Å²) in [6.45, 7) is 2.37. The fourth-order valence-corrected chi connectivity index (χ4v) is 3.85. The molecule has 0 spiro atoms. The number of nitrogens with zero attached hydrogens (tertiary/aromatic N) is 2. The molecule has 0 aliphatic carbocycles. The van der Waals surface area contributed by atoms with E-state index in [9.17, 15) is 4.79 Å². The van der Waals surface area contributed by atoms with Gasteiger partial charge < -0.3 is 29.9 Å². The van der Waals surface area contributed by atoms with Crippen LogP contribution in [0.3, 0.4) is 0 Å². The van der Waals surface area contributed by atoms with Gasteiger partial charge in [-0.3, -0.25) is 4.79 Å². The first-order valence-corrected chi connectivity index (χ1v) is 10.8. The molecule has 2 aliphatic heterocycles. The summed E-state index contributed by atoms with van der Waals surface area (Å²) in [6.07, 6.45) is 2.45. The minimum Gasteiger partial charge on any atom is -0.496 e. The highest BCUT2D eigenvalue weighted by Crippen LogP contribution is 2.35. The number of likely N-dealkylation sites (N-methyl/N-ethyl adjacent to an activating group) is 1. The monoisotopic (exact) mass is 438 g/mol. The molecular formula is C24H30N4O4. The number of fused-ring (bicyclic) bond motifs is 1. The van der Waals surface area contributed by atoms with Gasteiger partial charge >= 0.3 is 0 Å². The van der Waals surface area contributed by atoms with Crippen LogP contribution < -0.4 is 25.0 Å². The molecule has 0 fully saturated rings. The van der Waals surface area contributed by atoms with E-state index in [0.29, 0.717) is 31.1 Å². The Bertz CT molecular complexity index is 978. The highest BCUT2D eigenvalue weighted by molar-refractivity contribution is 5.94. The molecule has 2 heterocycles. The number of hydrazone groups is 1. The third-order valence-corrected chi connectivity index (χ3v) is 5.72. The number of rotatable bonds is 8. The van der Waals surface area contributed by atoms with Crippen LogP contribution in [0.4, 0.5) is 5.69 Å². The molecule has 2 aromatic rings. The molecule has 2 aromatic carbocycles. The first-order valence-electron chi connectivity index (χ1n) is 10.8. The summed E-state index contributed by atoms with van der Waals surface area (Å²) >= 11 is 0. The lowest BCUT2D eigenvalue weighted by molar-refractivity contribution is -0.121. The van der Waals surface area contributed by atoms with Crippen LogP contribution in [0.2, 0.25) is 0 Å². The van der Waals surface area contributed by atoms with E-state index in [1.807, 2.05) is 56.7 Å². The zero-order valence-corrected chi connectivity index (χ0v) is 18.8. The molecule has 2 N–H and O–H groups in total. The van der Waals surface area contributed by atoms with Crippen molar-refractivity contribution in [3.63, 3.8) is 0 Å². The standard InChI is InChI=1S/C24H30N4O4/c1-28(2)9-10-31-23-12-16(18-13-25-26-14-18)7-8-20(23)27-24(29)17-11-19-21(30-3)5-4-6-22(19)32-15-17/h4-8,12-13,17-18,26H,9-11,14-15H2,1-3H3,(H,27,29). The van der Waals surface area contributed by atoms with Crippen molar-refractivity contribution in [2.45, 2.75) is 12.3 Å². The minimum absolute atomic E-state index is 0.101. The molecule has 2 atom stereocenters. The largest absolute Gasteiger partial charge is 0.496 e. The molecule has 0 aromatic heterocycles. The second kappa shape index (κ2) is 9.91. The van der Waals surface area contributed by atoms with Crippen LogP contribution in [-0.2, 0) is 11.2 Å². The second-order valence-electron chi connectivity index (χ2n) is 8.29. The highest BCUT2D eigenvalue weighted by atomic mass is 16.5. The lowest BCUT2D eigenvalue weighted by Gasteiger charge is -2.26. The maximum atomic E-state index is 13.1. The summed E-state index contributed by atoms with van der Waals surface area (Å²) in [5, 5.41) is 7.16. The van der Waals surface area contributed by atoms with Crippen molar-refractivity contribution in [3.8, 4) is 17.2 Å². The Morgan fingerprint density at radius 1 is 1.28 bits per heavy atom. The van der Waals surface area contributed by atoms with E-state index in [0.717, 1.165) is 35.7 Å². The Morgan fingerprint density at radius 3 is 2.91 bits per heavy atom. The minimum atomic E-state index is -0.320. The molecule has 170 valence electrons. The number of carbonyl (C=O) groups excluding carboxylic acids is 1. The molecule has 1 amide bonds. The summed E-state index contributed by atoms with van der Waals surface area (Å²) < 4.78 is 17.4. The summed E-state index contributed by atoms with van der Waals surface area (Å²) in [5.41, 5.74) is 5.66. The predicted molar refractivity (Wildman–Crippen MR) is 124 cm³/mol. The lowest BCUT2D eigenvalue weighted by atomic mass is 9.95. The van der Waals surface area contributed by atoms with Crippen molar-refractivity contribution < 1.29 is 19.0 Å². The van der Waals surface area contributed by atoms with E-state index in [1.165, 1.54) is 0 Å². The van der Waals surface area contributed by atoms with Crippen molar-refractivity contribution in [3.05, 3.63) is 47.5 Å². The van der Waals surface area contributed by atoms with E-state index >= 15 is 0 Å². The molecule has 2 aliphatic rings. The van der Waals surface area contributed by atoms with Crippen LogP contribution in [-0.4, -0.2) is 64.5 Å². The predicted octanol–water partition coefficient (Wildman–Crippen LogP) is 2.50. The smallest absolute Gasteiger partial charge is 0.231 e. The Morgan fingerprint density at radius 2 is 2.16 bits per heavy atom. The Kier molecular flexibility index (Phi) is 6.80. The number of hydrogen-bond donors (Lipinski definition) is 2. The summed E-state index contributed by atoms with van der Waals surface area (Å²) in [6, 6.07) is 11.6. The van der Waals surface area contributed by atoms with Gasteiger partial charge in [0.25, 0.3) is 0 Å². The maximum Gasteiger partial charge on any atom is 0.231 e. The molecule has 4 rings (SSSR count). The lowest BCUT2D eigenvalue weighted by Crippen LogP contribution is -2.33. The van der Waals surface area contributed by atoms with E-state index in [2.05, 4.69) is 20.7 Å². The third-order valence-electron chi connectivity index (χ3n) is 5.72. The molecule has 2 unspecified atom stereocenters. The molecule has 0 bridgehead atoms. The normalized spacial score (nSPS) is 19.1. The number of amides is 1. The molecule has 8 heteroatoms. The molecule has 0 saturated carbocycles. The fourth-order valence-electron chi connectivity index (χ4n) is 3.85. The zero-order valence-electron chi connectivity index (χ0n) is 18.8. The molecule has 8 nitrogen and oxygen atoms in total. The van der Waals surface area contributed by atoms with E-state index in [-0.39, 0.29) is 17.7 Å². The number of benzene rings is 2. The van der Waals surface area contributed by atoms with Crippen LogP contribution in [0.25, 0.3) is 0 Å². The summed E-state index contributed by atoms with van der Waals surface area (Å²) in [7, 11) is 5.62. The van der Waals surface area contributed by atoms with Gasteiger partial charge in [-0.2, -0.15) is 5.10 Å². The van der Waals surface area contributed by atoms with Gasteiger partial charge in [0, 0.05) is 30.8 Å².